The third-order valence-corrected chi connectivity index (χ3v) is 4.87. The van der Waals surface area contributed by atoms with Gasteiger partial charge in [-0.2, -0.15) is 0 Å². The maximum Gasteiger partial charge on any atom is 0.317 e. The van der Waals surface area contributed by atoms with Gasteiger partial charge in [0.1, 0.15) is 0 Å². The van der Waals surface area contributed by atoms with Crippen molar-refractivity contribution in [1.29, 1.82) is 0 Å². The summed E-state index contributed by atoms with van der Waals surface area (Å²) in [5.74, 6) is 0. The van der Waals surface area contributed by atoms with E-state index in [4.69, 9.17) is 23.2 Å². The van der Waals surface area contributed by atoms with Crippen LogP contribution in [-0.2, 0) is 6.42 Å². The van der Waals surface area contributed by atoms with E-state index in [2.05, 4.69) is 10.2 Å². The topological polar surface area (TPSA) is 35.6 Å². The molecule has 132 valence electrons. The maximum atomic E-state index is 12.3. The van der Waals surface area contributed by atoms with Crippen molar-refractivity contribution in [3.8, 4) is 0 Å². The van der Waals surface area contributed by atoms with E-state index in [9.17, 15) is 4.79 Å². The van der Waals surface area contributed by atoms with Crippen molar-refractivity contribution in [3.05, 3.63) is 64.1 Å². The van der Waals surface area contributed by atoms with Crippen molar-refractivity contribution in [2.45, 2.75) is 6.42 Å². The molecule has 0 atom stereocenters. The molecule has 0 aromatic heterocycles. The highest BCUT2D eigenvalue weighted by atomic mass is 35.5. The Bertz CT molecular complexity index is 696. The number of carbonyl (C=O) groups is 1. The predicted molar refractivity (Wildman–Crippen MR) is 104 cm³/mol. The third-order valence-electron chi connectivity index (χ3n) is 4.36. The summed E-state index contributed by atoms with van der Waals surface area (Å²) in [6, 6.07) is 15.5. The minimum absolute atomic E-state index is 0.00437. The van der Waals surface area contributed by atoms with Gasteiger partial charge in [-0.15, -0.1) is 0 Å². The quantitative estimate of drug-likeness (QED) is 0.871. The van der Waals surface area contributed by atoms with E-state index in [1.165, 1.54) is 0 Å². The Morgan fingerprint density at radius 3 is 2.04 bits per heavy atom. The van der Waals surface area contributed by atoms with Gasteiger partial charge in [-0.25, -0.2) is 4.79 Å². The lowest BCUT2D eigenvalue weighted by Gasteiger charge is -2.36. The largest absolute Gasteiger partial charge is 0.368 e. The SMILES string of the molecule is O=C(NCCc1ccc(Cl)cc1)N1CCN(c2ccc(Cl)cc2)CC1. The van der Waals surface area contributed by atoms with Gasteiger partial charge in [-0.1, -0.05) is 35.3 Å². The molecule has 1 fully saturated rings. The van der Waals surface area contributed by atoms with Gasteiger partial charge in [0.2, 0.25) is 0 Å². The highest BCUT2D eigenvalue weighted by molar-refractivity contribution is 6.30. The Balaban J connectivity index is 1.42. The van der Waals surface area contributed by atoms with Crippen molar-refractivity contribution in [1.82, 2.24) is 10.2 Å². The van der Waals surface area contributed by atoms with Gasteiger partial charge in [0.05, 0.1) is 0 Å². The summed E-state index contributed by atoms with van der Waals surface area (Å²) in [5, 5.41) is 4.46. The zero-order chi connectivity index (χ0) is 17.6. The summed E-state index contributed by atoms with van der Waals surface area (Å²) in [4.78, 5) is 16.4. The van der Waals surface area contributed by atoms with E-state index in [1.807, 2.05) is 53.4 Å². The first kappa shape index (κ1) is 17.9. The molecule has 0 aliphatic carbocycles. The zero-order valence-electron chi connectivity index (χ0n) is 13.9. The molecule has 0 spiro atoms. The first-order chi connectivity index (χ1) is 12.1. The highest BCUT2D eigenvalue weighted by Gasteiger charge is 2.20. The predicted octanol–water partition coefficient (Wildman–Crippen LogP) is 4.07. The lowest BCUT2D eigenvalue weighted by Crippen LogP contribution is -2.52. The number of halogens is 2. The van der Waals surface area contributed by atoms with Crippen molar-refractivity contribution in [3.63, 3.8) is 0 Å². The van der Waals surface area contributed by atoms with Crippen LogP contribution in [0.25, 0.3) is 0 Å². The second-order valence-electron chi connectivity index (χ2n) is 6.06. The second-order valence-corrected chi connectivity index (χ2v) is 6.93. The van der Waals surface area contributed by atoms with Gasteiger partial charge in [-0.05, 0) is 48.4 Å². The van der Waals surface area contributed by atoms with Crippen LogP contribution < -0.4 is 10.2 Å². The number of nitrogens with zero attached hydrogens (tertiary/aromatic N) is 2. The molecule has 6 heteroatoms. The lowest BCUT2D eigenvalue weighted by atomic mass is 10.1. The van der Waals surface area contributed by atoms with Crippen molar-refractivity contribution in [2.75, 3.05) is 37.6 Å². The van der Waals surface area contributed by atoms with E-state index in [1.54, 1.807) is 0 Å². The molecule has 25 heavy (non-hydrogen) atoms. The highest BCUT2D eigenvalue weighted by Crippen LogP contribution is 2.19. The number of rotatable bonds is 4. The van der Waals surface area contributed by atoms with E-state index in [-0.39, 0.29) is 6.03 Å². The van der Waals surface area contributed by atoms with E-state index >= 15 is 0 Å². The summed E-state index contributed by atoms with van der Waals surface area (Å²) in [6.07, 6.45) is 0.799. The molecule has 1 saturated heterocycles. The molecule has 1 N–H and O–H groups in total. The molecular formula is C19H21Cl2N3O. The minimum atomic E-state index is 0.00437. The van der Waals surface area contributed by atoms with Crippen LogP contribution in [0.5, 0.6) is 0 Å². The first-order valence-electron chi connectivity index (χ1n) is 8.39. The van der Waals surface area contributed by atoms with Crippen molar-refractivity contribution in [2.24, 2.45) is 0 Å². The van der Waals surface area contributed by atoms with Gasteiger partial charge in [0.25, 0.3) is 0 Å². The van der Waals surface area contributed by atoms with Crippen molar-refractivity contribution < 1.29 is 4.79 Å². The molecule has 1 aliphatic rings. The molecule has 4 nitrogen and oxygen atoms in total. The molecule has 2 aromatic carbocycles. The number of benzene rings is 2. The Morgan fingerprint density at radius 1 is 0.880 bits per heavy atom. The number of anilines is 1. The van der Waals surface area contributed by atoms with Crippen LogP contribution in [0.4, 0.5) is 10.5 Å². The van der Waals surface area contributed by atoms with E-state index < -0.39 is 0 Å². The van der Waals surface area contributed by atoms with Gasteiger partial charge in [0.15, 0.2) is 0 Å². The minimum Gasteiger partial charge on any atom is -0.368 e. The summed E-state index contributed by atoms with van der Waals surface area (Å²) in [7, 11) is 0. The van der Waals surface area contributed by atoms with Crippen molar-refractivity contribution >= 4 is 34.9 Å². The molecule has 0 bridgehead atoms. The standard InChI is InChI=1S/C19H21Cl2N3O/c20-16-3-1-15(2-4-16)9-10-22-19(25)24-13-11-23(12-14-24)18-7-5-17(21)6-8-18/h1-8H,9-14H2,(H,22,25). The molecule has 2 aromatic rings. The third kappa shape index (κ3) is 5.03. The summed E-state index contributed by atoms with van der Waals surface area (Å²) < 4.78 is 0. The Hall–Kier alpha value is -1.91. The fraction of sp³-hybridized carbons (Fsp3) is 0.316. The molecular weight excluding hydrogens is 357 g/mol. The average molecular weight is 378 g/mol. The van der Waals surface area contributed by atoms with E-state index in [0.717, 1.165) is 53.9 Å². The molecule has 0 unspecified atom stereocenters. The number of amides is 2. The van der Waals surface area contributed by atoms with Crippen LogP contribution >= 0.6 is 23.2 Å². The lowest BCUT2D eigenvalue weighted by molar-refractivity contribution is 0.194. The second kappa shape index (κ2) is 8.45. The number of carbonyl (C=O) groups excluding carboxylic acids is 1. The van der Waals surface area contributed by atoms with Gasteiger partial charge in [-0.3, -0.25) is 0 Å². The van der Waals surface area contributed by atoms with Crippen LogP contribution in [0.2, 0.25) is 10.0 Å². The molecule has 0 radical (unpaired) electrons. The Labute approximate surface area is 158 Å². The molecule has 1 heterocycles. The number of urea groups is 1. The molecule has 0 saturated carbocycles. The normalized spacial score (nSPS) is 14.5. The van der Waals surface area contributed by atoms with Gasteiger partial charge < -0.3 is 15.1 Å². The summed E-state index contributed by atoms with van der Waals surface area (Å²) in [5.41, 5.74) is 2.31. The monoisotopic (exact) mass is 377 g/mol. The molecule has 3 rings (SSSR count). The van der Waals surface area contributed by atoms with Crippen LogP contribution in [-0.4, -0.2) is 43.7 Å². The number of hydrogen-bond donors (Lipinski definition) is 1. The summed E-state index contributed by atoms with van der Waals surface area (Å²) >= 11 is 11.8. The van der Waals surface area contributed by atoms with Crippen LogP contribution in [0.1, 0.15) is 5.56 Å². The van der Waals surface area contributed by atoms with Crippen LogP contribution in [0.15, 0.2) is 48.5 Å². The van der Waals surface area contributed by atoms with Gasteiger partial charge >= 0.3 is 6.03 Å². The fourth-order valence-electron chi connectivity index (χ4n) is 2.90. The van der Waals surface area contributed by atoms with Crippen LogP contribution in [0.3, 0.4) is 0 Å². The Morgan fingerprint density at radius 2 is 1.44 bits per heavy atom. The Kier molecular flexibility index (Phi) is 6.05. The van der Waals surface area contributed by atoms with Crippen LogP contribution in [0, 0.1) is 0 Å². The summed E-state index contributed by atoms with van der Waals surface area (Å²) in [6.45, 7) is 3.71. The molecule has 1 aliphatic heterocycles. The first-order valence-corrected chi connectivity index (χ1v) is 9.15. The van der Waals surface area contributed by atoms with E-state index in [0.29, 0.717) is 6.54 Å². The molecule has 2 amide bonds. The maximum absolute atomic E-state index is 12.3. The number of nitrogens with one attached hydrogen (secondary N) is 1. The fourth-order valence-corrected chi connectivity index (χ4v) is 3.15. The average Bonchev–Trinajstić information content (AvgIpc) is 2.64. The zero-order valence-corrected chi connectivity index (χ0v) is 15.4. The van der Waals surface area contributed by atoms with Gasteiger partial charge in [0, 0.05) is 48.5 Å². The smallest absolute Gasteiger partial charge is 0.317 e. The number of hydrogen-bond acceptors (Lipinski definition) is 2. The number of piperazine rings is 1.